The number of piperazine rings is 1. The van der Waals surface area contributed by atoms with Crippen LogP contribution in [0.2, 0.25) is 0 Å². The van der Waals surface area contributed by atoms with E-state index in [1.165, 1.54) is 0 Å². The molecule has 1 aliphatic rings. The summed E-state index contributed by atoms with van der Waals surface area (Å²) < 4.78 is 11.1. The van der Waals surface area contributed by atoms with E-state index in [4.69, 9.17) is 19.1 Å². The van der Waals surface area contributed by atoms with Crippen molar-refractivity contribution in [3.05, 3.63) is 66.2 Å². The summed E-state index contributed by atoms with van der Waals surface area (Å²) in [6.07, 6.45) is 0. The van der Waals surface area contributed by atoms with Gasteiger partial charge in [0.25, 0.3) is 5.91 Å². The largest absolute Gasteiger partial charge is 0.464 e. The molecule has 0 unspecified atom stereocenters. The van der Waals surface area contributed by atoms with Gasteiger partial charge in [0.15, 0.2) is 5.76 Å². The van der Waals surface area contributed by atoms with Crippen molar-refractivity contribution >= 4 is 39.6 Å². The van der Waals surface area contributed by atoms with Gasteiger partial charge in [0, 0.05) is 37.0 Å². The highest BCUT2D eigenvalue weighted by Gasteiger charge is 2.27. The molecule has 0 saturated carbocycles. The molecule has 0 spiro atoms. The molecule has 3 heterocycles. The van der Waals surface area contributed by atoms with E-state index in [2.05, 4.69) is 10.2 Å². The first kappa shape index (κ1) is 25.7. The molecule has 198 valence electrons. The molecule has 1 aliphatic heterocycles. The van der Waals surface area contributed by atoms with Gasteiger partial charge in [-0.3, -0.25) is 9.69 Å². The molecule has 1 atom stereocenters. The van der Waals surface area contributed by atoms with Gasteiger partial charge in [0.05, 0.1) is 18.7 Å². The van der Waals surface area contributed by atoms with E-state index in [9.17, 15) is 9.59 Å². The average Bonchev–Trinajstić information content (AvgIpc) is 3.36. The van der Waals surface area contributed by atoms with Crippen LogP contribution >= 0.6 is 0 Å². The highest BCUT2D eigenvalue weighted by Crippen LogP contribution is 2.24. The van der Waals surface area contributed by atoms with Crippen LogP contribution in [0.15, 0.2) is 59.0 Å². The Labute approximate surface area is 221 Å². The lowest BCUT2D eigenvalue weighted by atomic mass is 10.0. The Bertz CT molecular complexity index is 1410. The van der Waals surface area contributed by atoms with Crippen molar-refractivity contribution in [3.8, 4) is 0 Å². The predicted molar refractivity (Wildman–Crippen MR) is 146 cm³/mol. The molecule has 4 aromatic rings. The van der Waals surface area contributed by atoms with Crippen LogP contribution in [0.5, 0.6) is 0 Å². The van der Waals surface area contributed by atoms with Gasteiger partial charge in [-0.25, -0.2) is 14.8 Å². The maximum atomic E-state index is 13.0. The molecule has 0 aliphatic carbocycles. The molecular weight excluding hydrogens is 482 g/mol. The third kappa shape index (κ3) is 5.47. The Hall–Kier alpha value is -3.98. The number of nitrogens with one attached hydrogen (secondary N) is 1. The highest BCUT2D eigenvalue weighted by molar-refractivity contribution is 5.96. The van der Waals surface area contributed by atoms with Crippen molar-refractivity contribution in [2.75, 3.05) is 38.1 Å². The number of hydrogen-bond donors (Lipinski definition) is 1. The molecule has 1 fully saturated rings. The molecule has 2 aromatic carbocycles. The molecular formula is C29H33N5O4. The van der Waals surface area contributed by atoms with E-state index in [1.807, 2.05) is 73.3 Å². The first-order chi connectivity index (χ1) is 18.4. The number of benzene rings is 2. The fourth-order valence-corrected chi connectivity index (χ4v) is 4.73. The lowest BCUT2D eigenvalue weighted by Crippen LogP contribution is -2.48. The molecule has 9 nitrogen and oxygen atoms in total. The van der Waals surface area contributed by atoms with Crippen molar-refractivity contribution in [3.63, 3.8) is 0 Å². The number of furan rings is 1. The Morgan fingerprint density at radius 2 is 1.76 bits per heavy atom. The number of hydrogen-bond acceptors (Lipinski definition) is 8. The van der Waals surface area contributed by atoms with Crippen LogP contribution in [0.4, 0.5) is 5.82 Å². The van der Waals surface area contributed by atoms with Gasteiger partial charge in [-0.05, 0) is 37.1 Å². The zero-order valence-electron chi connectivity index (χ0n) is 22.0. The summed E-state index contributed by atoms with van der Waals surface area (Å²) in [5.41, 5.74) is 1.53. The summed E-state index contributed by atoms with van der Waals surface area (Å²) >= 11 is 0. The quantitative estimate of drug-likeness (QED) is 0.346. The number of esters is 1. The summed E-state index contributed by atoms with van der Waals surface area (Å²) in [6.45, 7) is 9.19. The minimum absolute atomic E-state index is 0.0172. The first-order valence-electron chi connectivity index (χ1n) is 13.1. The average molecular weight is 516 g/mol. The van der Waals surface area contributed by atoms with Gasteiger partial charge in [-0.1, -0.05) is 44.2 Å². The number of carbonyl (C=O) groups is 2. The zero-order valence-corrected chi connectivity index (χ0v) is 22.0. The van der Waals surface area contributed by atoms with Crippen LogP contribution in [-0.2, 0) is 16.1 Å². The van der Waals surface area contributed by atoms with Gasteiger partial charge in [0.1, 0.15) is 23.3 Å². The second kappa shape index (κ2) is 11.2. The monoisotopic (exact) mass is 515 g/mol. The number of aromatic nitrogens is 2. The van der Waals surface area contributed by atoms with Crippen molar-refractivity contribution in [1.29, 1.82) is 0 Å². The van der Waals surface area contributed by atoms with Crippen molar-refractivity contribution in [1.82, 2.24) is 19.8 Å². The predicted octanol–water partition coefficient (Wildman–Crippen LogP) is 4.33. The van der Waals surface area contributed by atoms with E-state index >= 15 is 0 Å². The molecule has 0 bridgehead atoms. The Kier molecular flexibility index (Phi) is 7.55. The van der Waals surface area contributed by atoms with Crippen molar-refractivity contribution < 1.29 is 18.7 Å². The Morgan fingerprint density at radius 3 is 2.50 bits per heavy atom. The fourth-order valence-electron chi connectivity index (χ4n) is 4.73. The number of fused-ring (bicyclic) bond motifs is 2. The number of nitrogens with zero attached hydrogens (tertiary/aromatic N) is 4. The third-order valence-corrected chi connectivity index (χ3v) is 6.81. The molecule has 9 heteroatoms. The third-order valence-electron chi connectivity index (χ3n) is 6.81. The van der Waals surface area contributed by atoms with Gasteiger partial charge in [-0.2, -0.15) is 0 Å². The van der Waals surface area contributed by atoms with Crippen molar-refractivity contribution in [2.24, 2.45) is 5.92 Å². The number of amides is 1. The number of anilines is 1. The van der Waals surface area contributed by atoms with Gasteiger partial charge in [-0.15, -0.1) is 0 Å². The number of ether oxygens (including phenoxy) is 1. The Morgan fingerprint density at radius 1 is 1.03 bits per heavy atom. The van der Waals surface area contributed by atoms with E-state index < -0.39 is 6.04 Å². The van der Waals surface area contributed by atoms with Crippen LogP contribution in [0.25, 0.3) is 21.9 Å². The zero-order chi connectivity index (χ0) is 26.6. The molecule has 0 radical (unpaired) electrons. The highest BCUT2D eigenvalue weighted by atomic mass is 16.5. The second-order valence-corrected chi connectivity index (χ2v) is 9.84. The smallest absolute Gasteiger partial charge is 0.328 e. The summed E-state index contributed by atoms with van der Waals surface area (Å²) in [7, 11) is 0. The fraction of sp³-hybridized carbons (Fsp3) is 0.379. The molecule has 38 heavy (non-hydrogen) atoms. The molecule has 1 saturated heterocycles. The number of para-hydroxylation sites is 2. The minimum atomic E-state index is -0.520. The first-order valence-corrected chi connectivity index (χ1v) is 13.1. The lowest BCUT2D eigenvalue weighted by Gasteiger charge is -2.34. The van der Waals surface area contributed by atoms with E-state index in [0.717, 1.165) is 21.9 Å². The number of carbonyl (C=O) groups excluding carboxylic acids is 2. The molecule has 5 rings (SSSR count). The summed E-state index contributed by atoms with van der Waals surface area (Å²) in [5, 5.41) is 5.11. The van der Waals surface area contributed by atoms with Gasteiger partial charge < -0.3 is 19.4 Å². The molecule has 1 N–H and O–H groups in total. The Balaban J connectivity index is 1.28. The standard InChI is InChI=1S/C29H33N5O4/c1-4-37-29(36)26(19(2)3)32-27-21-10-6-7-11-22(21)30-25(31-27)18-33-13-15-34(16-14-33)28(35)24-17-20-9-5-8-12-23(20)38-24/h5-12,17,19,26H,4,13-16,18H2,1-3H3,(H,30,31,32)/t26-/m0/s1. The molecule has 2 aromatic heterocycles. The lowest BCUT2D eigenvalue weighted by molar-refractivity contribution is -0.145. The van der Waals surface area contributed by atoms with E-state index in [1.54, 1.807) is 6.92 Å². The van der Waals surface area contributed by atoms with Crippen LogP contribution < -0.4 is 5.32 Å². The van der Waals surface area contributed by atoms with E-state index in [0.29, 0.717) is 56.7 Å². The normalized spacial score (nSPS) is 15.2. The SMILES string of the molecule is CCOC(=O)[C@@H](Nc1nc(CN2CCN(C(=O)c3cc4ccccc4o3)CC2)nc2ccccc12)C(C)C. The summed E-state index contributed by atoms with van der Waals surface area (Å²) in [4.78, 5) is 39.3. The topological polar surface area (TPSA) is 101 Å². The maximum Gasteiger partial charge on any atom is 0.328 e. The van der Waals surface area contributed by atoms with Crippen LogP contribution in [0, 0.1) is 5.92 Å². The summed E-state index contributed by atoms with van der Waals surface area (Å²) in [6, 6.07) is 16.7. The van der Waals surface area contributed by atoms with Crippen LogP contribution in [0.1, 0.15) is 37.2 Å². The second-order valence-electron chi connectivity index (χ2n) is 9.84. The summed E-state index contributed by atoms with van der Waals surface area (Å²) in [5.74, 6) is 1.29. The minimum Gasteiger partial charge on any atom is -0.464 e. The van der Waals surface area contributed by atoms with Gasteiger partial charge in [0.2, 0.25) is 0 Å². The van der Waals surface area contributed by atoms with Crippen LogP contribution in [0.3, 0.4) is 0 Å². The maximum absolute atomic E-state index is 13.0. The van der Waals surface area contributed by atoms with Crippen LogP contribution in [-0.4, -0.2) is 70.5 Å². The van der Waals surface area contributed by atoms with E-state index in [-0.39, 0.29) is 17.8 Å². The van der Waals surface area contributed by atoms with Gasteiger partial charge >= 0.3 is 5.97 Å². The van der Waals surface area contributed by atoms with Crippen molar-refractivity contribution in [2.45, 2.75) is 33.4 Å². The number of rotatable bonds is 8. The molecule has 1 amide bonds.